The summed E-state index contributed by atoms with van der Waals surface area (Å²) in [4.78, 5) is 15.8. The highest BCUT2D eigenvalue weighted by atomic mass is 16.5. The van der Waals surface area contributed by atoms with Gasteiger partial charge in [-0.15, -0.1) is 0 Å². The van der Waals surface area contributed by atoms with Crippen LogP contribution >= 0.6 is 0 Å². The van der Waals surface area contributed by atoms with Crippen molar-refractivity contribution in [1.82, 2.24) is 10.3 Å². The minimum absolute atomic E-state index is 0.0305. The molecule has 6 heteroatoms. The van der Waals surface area contributed by atoms with E-state index in [1.807, 2.05) is 37.3 Å². The van der Waals surface area contributed by atoms with E-state index in [1.54, 1.807) is 6.20 Å². The standard InChI is InChI=1S/C16H21N3O3/c1-2-13(14(17)15-18-8-9-21-15)10-19-16(20)22-11-12-6-4-3-5-7-12/h3-9,13-14H,2,10-11,17H2,1H3,(H,19,20). The molecule has 2 rings (SSSR count). The number of nitrogens with zero attached hydrogens (tertiary/aromatic N) is 1. The second kappa shape index (κ2) is 8.19. The van der Waals surface area contributed by atoms with Crippen LogP contribution in [0.2, 0.25) is 0 Å². The Morgan fingerprint density at radius 2 is 2.18 bits per heavy atom. The lowest BCUT2D eigenvalue weighted by Crippen LogP contribution is -2.34. The maximum absolute atomic E-state index is 11.7. The van der Waals surface area contributed by atoms with Gasteiger partial charge in [-0.25, -0.2) is 9.78 Å². The van der Waals surface area contributed by atoms with Crippen LogP contribution in [0.25, 0.3) is 0 Å². The van der Waals surface area contributed by atoms with E-state index in [0.717, 1.165) is 12.0 Å². The predicted molar refractivity (Wildman–Crippen MR) is 81.8 cm³/mol. The van der Waals surface area contributed by atoms with Gasteiger partial charge in [0.2, 0.25) is 5.89 Å². The zero-order chi connectivity index (χ0) is 15.8. The maximum Gasteiger partial charge on any atom is 0.407 e. The fourth-order valence-corrected chi connectivity index (χ4v) is 2.11. The quantitative estimate of drug-likeness (QED) is 0.820. The van der Waals surface area contributed by atoms with Crippen molar-refractivity contribution in [1.29, 1.82) is 0 Å². The molecule has 1 aromatic carbocycles. The van der Waals surface area contributed by atoms with Gasteiger partial charge in [0.1, 0.15) is 12.9 Å². The van der Waals surface area contributed by atoms with Crippen molar-refractivity contribution >= 4 is 6.09 Å². The van der Waals surface area contributed by atoms with Gasteiger partial charge in [-0.05, 0) is 12.0 Å². The van der Waals surface area contributed by atoms with E-state index in [2.05, 4.69) is 10.3 Å². The minimum Gasteiger partial charge on any atom is -0.447 e. The fraction of sp³-hybridized carbons (Fsp3) is 0.375. The van der Waals surface area contributed by atoms with E-state index >= 15 is 0 Å². The molecule has 0 saturated heterocycles. The summed E-state index contributed by atoms with van der Waals surface area (Å²) in [7, 11) is 0. The molecule has 118 valence electrons. The van der Waals surface area contributed by atoms with Crippen LogP contribution in [0.15, 0.2) is 47.2 Å². The number of nitrogens with two attached hydrogens (primary N) is 1. The Morgan fingerprint density at radius 1 is 1.41 bits per heavy atom. The van der Waals surface area contributed by atoms with Crippen LogP contribution in [0.5, 0.6) is 0 Å². The number of hydrogen-bond donors (Lipinski definition) is 2. The van der Waals surface area contributed by atoms with Gasteiger partial charge in [0.05, 0.1) is 12.2 Å². The summed E-state index contributed by atoms with van der Waals surface area (Å²) < 4.78 is 10.4. The second-order valence-corrected chi connectivity index (χ2v) is 5.01. The third-order valence-electron chi connectivity index (χ3n) is 3.49. The Hall–Kier alpha value is -2.34. The number of rotatable bonds is 7. The lowest BCUT2D eigenvalue weighted by atomic mass is 9.97. The molecule has 2 atom stereocenters. The molecule has 2 aromatic rings. The maximum atomic E-state index is 11.7. The lowest BCUT2D eigenvalue weighted by Gasteiger charge is -2.20. The lowest BCUT2D eigenvalue weighted by molar-refractivity contribution is 0.137. The molecule has 1 amide bonds. The Labute approximate surface area is 129 Å². The molecule has 22 heavy (non-hydrogen) atoms. The van der Waals surface area contributed by atoms with Crippen LogP contribution in [0, 0.1) is 5.92 Å². The Morgan fingerprint density at radius 3 is 2.82 bits per heavy atom. The fourth-order valence-electron chi connectivity index (χ4n) is 2.11. The normalized spacial score (nSPS) is 13.4. The smallest absolute Gasteiger partial charge is 0.407 e. The van der Waals surface area contributed by atoms with E-state index < -0.39 is 6.09 Å². The van der Waals surface area contributed by atoms with Crippen LogP contribution in [-0.2, 0) is 11.3 Å². The van der Waals surface area contributed by atoms with Crippen molar-refractivity contribution in [3.05, 3.63) is 54.2 Å². The SMILES string of the molecule is CCC(CNC(=O)OCc1ccccc1)C(N)c1ncco1. The summed E-state index contributed by atoms with van der Waals surface area (Å²) in [5, 5.41) is 2.74. The van der Waals surface area contributed by atoms with Crippen molar-refractivity contribution < 1.29 is 13.9 Å². The number of carbonyl (C=O) groups is 1. The number of hydrogen-bond acceptors (Lipinski definition) is 5. The first-order valence-electron chi connectivity index (χ1n) is 7.30. The zero-order valence-electron chi connectivity index (χ0n) is 12.6. The number of amides is 1. The third kappa shape index (κ3) is 4.60. The second-order valence-electron chi connectivity index (χ2n) is 5.01. The number of alkyl carbamates (subject to hydrolysis) is 1. The summed E-state index contributed by atoms with van der Waals surface area (Å²) in [5.74, 6) is 0.509. The molecular formula is C16H21N3O3. The molecule has 1 aromatic heterocycles. The molecule has 1 heterocycles. The summed E-state index contributed by atoms with van der Waals surface area (Å²) >= 11 is 0. The number of oxazole rings is 1. The van der Waals surface area contributed by atoms with Crippen LogP contribution < -0.4 is 11.1 Å². The van der Waals surface area contributed by atoms with E-state index in [4.69, 9.17) is 14.9 Å². The molecule has 0 aliphatic heterocycles. The van der Waals surface area contributed by atoms with Crippen LogP contribution in [0.4, 0.5) is 4.79 Å². The largest absolute Gasteiger partial charge is 0.447 e. The highest BCUT2D eigenvalue weighted by Crippen LogP contribution is 2.20. The first-order chi connectivity index (χ1) is 10.7. The van der Waals surface area contributed by atoms with E-state index in [-0.39, 0.29) is 18.6 Å². The molecule has 0 aliphatic carbocycles. The Bertz CT molecular complexity index is 557. The van der Waals surface area contributed by atoms with Gasteiger partial charge < -0.3 is 20.2 Å². The van der Waals surface area contributed by atoms with E-state index in [9.17, 15) is 4.79 Å². The summed E-state index contributed by atoms with van der Waals surface area (Å²) in [6.45, 7) is 2.66. The zero-order valence-corrected chi connectivity index (χ0v) is 12.6. The van der Waals surface area contributed by atoms with E-state index in [0.29, 0.717) is 12.4 Å². The minimum atomic E-state index is -0.457. The molecule has 0 fully saturated rings. The monoisotopic (exact) mass is 303 g/mol. The van der Waals surface area contributed by atoms with Gasteiger partial charge in [-0.1, -0.05) is 37.3 Å². The first-order valence-corrected chi connectivity index (χ1v) is 7.30. The van der Waals surface area contributed by atoms with Crippen molar-refractivity contribution in [2.45, 2.75) is 26.0 Å². The third-order valence-corrected chi connectivity index (χ3v) is 3.49. The van der Waals surface area contributed by atoms with Gasteiger partial charge in [0.15, 0.2) is 0 Å². The number of ether oxygens (including phenoxy) is 1. The molecule has 2 unspecified atom stereocenters. The van der Waals surface area contributed by atoms with Crippen LogP contribution in [-0.4, -0.2) is 17.6 Å². The molecule has 0 saturated carbocycles. The molecule has 3 N–H and O–H groups in total. The van der Waals surface area contributed by atoms with Gasteiger partial charge >= 0.3 is 6.09 Å². The van der Waals surface area contributed by atoms with Gasteiger partial charge in [0, 0.05) is 12.5 Å². The number of aromatic nitrogens is 1. The summed E-state index contributed by atoms with van der Waals surface area (Å²) in [5.41, 5.74) is 7.04. The highest BCUT2D eigenvalue weighted by Gasteiger charge is 2.22. The highest BCUT2D eigenvalue weighted by molar-refractivity contribution is 5.67. The Balaban J connectivity index is 1.76. The van der Waals surface area contributed by atoms with E-state index in [1.165, 1.54) is 6.26 Å². The molecule has 0 radical (unpaired) electrons. The van der Waals surface area contributed by atoms with Gasteiger partial charge in [-0.3, -0.25) is 0 Å². The van der Waals surface area contributed by atoms with Crippen molar-refractivity contribution in [2.24, 2.45) is 11.7 Å². The topological polar surface area (TPSA) is 90.4 Å². The number of nitrogens with one attached hydrogen (secondary N) is 1. The Kier molecular flexibility index (Phi) is 5.97. The summed E-state index contributed by atoms with van der Waals surface area (Å²) in [6, 6.07) is 9.17. The van der Waals surface area contributed by atoms with Crippen molar-refractivity contribution in [3.8, 4) is 0 Å². The van der Waals surface area contributed by atoms with Gasteiger partial charge in [0.25, 0.3) is 0 Å². The molecule has 0 bridgehead atoms. The molecule has 0 spiro atoms. The first kappa shape index (κ1) is 16.0. The molecular weight excluding hydrogens is 282 g/mol. The number of carbonyl (C=O) groups excluding carboxylic acids is 1. The molecule has 0 aliphatic rings. The van der Waals surface area contributed by atoms with Crippen LogP contribution in [0.1, 0.15) is 30.8 Å². The van der Waals surface area contributed by atoms with Crippen LogP contribution in [0.3, 0.4) is 0 Å². The van der Waals surface area contributed by atoms with Crippen molar-refractivity contribution in [2.75, 3.05) is 6.54 Å². The predicted octanol–water partition coefficient (Wildman–Crippen LogP) is 2.63. The van der Waals surface area contributed by atoms with Gasteiger partial charge in [-0.2, -0.15) is 0 Å². The number of benzene rings is 1. The summed E-state index contributed by atoms with van der Waals surface area (Å²) in [6.07, 6.45) is 3.39. The average Bonchev–Trinajstić information content (AvgIpc) is 3.08. The van der Waals surface area contributed by atoms with Crippen molar-refractivity contribution in [3.63, 3.8) is 0 Å². The molecule has 6 nitrogen and oxygen atoms in total. The average molecular weight is 303 g/mol.